The highest BCUT2D eigenvalue weighted by Crippen LogP contribution is 2.40. The monoisotopic (exact) mass is 1230 g/mol. The maximum absolute atomic E-state index is 14.9. The number of fused-ring (bicyclic) bond motifs is 4. The molecule has 4 aromatic rings. The van der Waals surface area contributed by atoms with Crippen LogP contribution < -0.4 is 0 Å². The lowest BCUT2D eigenvalue weighted by atomic mass is 9.78. The van der Waals surface area contributed by atoms with E-state index in [2.05, 4.69) is 46.3 Å². The van der Waals surface area contributed by atoms with Gasteiger partial charge in [-0.3, -0.25) is 24.1 Å². The van der Waals surface area contributed by atoms with Gasteiger partial charge < -0.3 is 53.8 Å². The van der Waals surface area contributed by atoms with E-state index >= 15 is 0 Å². The maximum atomic E-state index is 14.9. The summed E-state index contributed by atoms with van der Waals surface area (Å²) in [6.07, 6.45) is 7.78. The number of amides is 2. The first-order valence-corrected chi connectivity index (χ1v) is 32.1. The Kier molecular flexibility index (Phi) is 22.7. The Morgan fingerprint density at radius 1 is 0.841 bits per heavy atom. The Morgan fingerprint density at radius 3 is 2.28 bits per heavy atom. The van der Waals surface area contributed by atoms with Crippen molar-refractivity contribution < 1.29 is 63.0 Å². The molecule has 2 aromatic carbocycles. The number of Topliss-reactive ketones (excluding diaryl/α,β-unsaturated/α-hetero) is 2. The third-order valence-corrected chi connectivity index (χ3v) is 19.9. The molecule has 0 spiro atoms. The lowest BCUT2D eigenvalue weighted by molar-refractivity contribution is -0.302. The Hall–Kier alpha value is -5.67. The first-order chi connectivity index (χ1) is 42.2. The van der Waals surface area contributed by atoms with Gasteiger partial charge in [0.05, 0.1) is 37.1 Å². The highest BCUT2D eigenvalue weighted by molar-refractivity contribution is 6.39. The number of carbonyl (C=O) groups is 5. The Labute approximate surface area is 523 Å². The summed E-state index contributed by atoms with van der Waals surface area (Å²) in [4.78, 5) is 85.7. The normalized spacial score (nSPS) is 32.2. The molecule has 6 heterocycles. The molecule has 1 saturated carbocycles. The number of nitrogens with zero attached hydrogens (tertiary/aromatic N) is 4. The van der Waals surface area contributed by atoms with Gasteiger partial charge in [0.15, 0.2) is 0 Å². The summed E-state index contributed by atoms with van der Waals surface area (Å²) >= 11 is 6.33. The molecule has 88 heavy (non-hydrogen) atoms. The number of aliphatic hydroxyl groups excluding tert-OH is 2. The average Bonchev–Trinajstić information content (AvgIpc) is 2.25. The van der Waals surface area contributed by atoms with E-state index in [1.165, 1.54) is 19.1 Å². The Balaban J connectivity index is 0.910. The standard InChI is InChI=1S/C69H92ClN5O13/c1-41-28-42(2)30-61(85-7)64-62(86-8)32-44(4)69(83,88-64)65(80)67(81)75-23-10-9-14-56(75)68(82)87-40-55(43(3)31-47-17-21-57(76)60(33-47)84-6)45(5)58(77)36-59(78)50(29-41)20-22-63(79)74-26-24-73(25-27-74)39-46-15-18-48(19-16-46)51-35-53-54(38-72-66(53)71-37-51)49-12-11-13-52(70)34-49/h11-13,15-16,18-19,29,31,34-35,37-38,42,44-45,47,50,55-58,60-62,64,76-77,83H,9-10,14,17,20-28,30,32-33,36,39-40H2,1-8H3,(H,71,72)/b41-29+,43-31+/t42-,44+,45-,47-,50+,55+,56-,57+,58-,60+,61-,62-,64+,69+/m0/s1. The van der Waals surface area contributed by atoms with Crippen molar-refractivity contribution >= 4 is 52.0 Å². The molecule has 2 bridgehead atoms. The van der Waals surface area contributed by atoms with Gasteiger partial charge in [-0.15, -0.1) is 0 Å². The number of H-pyrrole nitrogens is 1. The van der Waals surface area contributed by atoms with Gasteiger partial charge in [0.2, 0.25) is 11.7 Å². The van der Waals surface area contributed by atoms with Crippen LogP contribution in [0.4, 0.5) is 0 Å². The molecule has 18 nitrogen and oxygen atoms in total. The number of carbonyl (C=O) groups excluding carboxylic acids is 5. The van der Waals surface area contributed by atoms with Gasteiger partial charge in [-0.2, -0.15) is 0 Å². The molecule has 0 unspecified atom stereocenters. The van der Waals surface area contributed by atoms with Crippen molar-refractivity contribution in [2.75, 3.05) is 60.7 Å². The van der Waals surface area contributed by atoms with Crippen LogP contribution in [0.1, 0.15) is 117 Å². The molecule has 3 saturated heterocycles. The molecule has 5 aliphatic rings. The van der Waals surface area contributed by atoms with Gasteiger partial charge in [-0.25, -0.2) is 9.78 Å². The number of benzene rings is 2. The number of ketones is 2. The number of nitrogens with one attached hydrogen (secondary N) is 1. The summed E-state index contributed by atoms with van der Waals surface area (Å²) in [7, 11) is 4.62. The van der Waals surface area contributed by atoms with E-state index in [-0.39, 0.29) is 74.9 Å². The maximum Gasteiger partial charge on any atom is 0.328 e. The molecule has 2 amide bonds. The van der Waals surface area contributed by atoms with Crippen LogP contribution >= 0.6 is 11.6 Å². The number of piperazine rings is 1. The highest BCUT2D eigenvalue weighted by atomic mass is 35.5. The molecule has 4 aliphatic heterocycles. The fourth-order valence-electron chi connectivity index (χ4n) is 14.2. The van der Waals surface area contributed by atoms with Crippen LogP contribution in [0, 0.1) is 35.5 Å². The number of ether oxygens (including phenoxy) is 5. The third-order valence-electron chi connectivity index (χ3n) is 19.7. The van der Waals surface area contributed by atoms with Crippen LogP contribution in [-0.4, -0.2) is 178 Å². The van der Waals surface area contributed by atoms with Gasteiger partial charge in [0.1, 0.15) is 23.6 Å². The van der Waals surface area contributed by atoms with E-state index in [1.54, 1.807) is 14.0 Å². The summed E-state index contributed by atoms with van der Waals surface area (Å²) < 4.78 is 30.1. The Bertz CT molecular complexity index is 3140. The molecule has 2 aromatic heterocycles. The second-order valence-corrected chi connectivity index (χ2v) is 26.3. The van der Waals surface area contributed by atoms with E-state index in [0.29, 0.717) is 76.1 Å². The molecule has 9 rings (SSSR count). The topological polar surface area (TPSA) is 231 Å². The fraction of sp³-hybridized carbons (Fsp3) is 0.594. The average molecular weight is 1230 g/mol. The lowest BCUT2D eigenvalue weighted by Crippen LogP contribution is -2.64. The first-order valence-electron chi connectivity index (χ1n) is 31.8. The minimum absolute atomic E-state index is 0.0143. The number of hydrogen-bond acceptors (Lipinski definition) is 15. The number of cyclic esters (lactones) is 1. The molecule has 14 atom stereocenters. The molecule has 19 heteroatoms. The van der Waals surface area contributed by atoms with E-state index in [0.717, 1.165) is 56.5 Å². The molecule has 1 aliphatic carbocycles. The number of hydrogen-bond donors (Lipinski definition) is 4. The fourth-order valence-corrected chi connectivity index (χ4v) is 14.4. The van der Waals surface area contributed by atoms with Gasteiger partial charge in [-0.05, 0) is 131 Å². The van der Waals surface area contributed by atoms with Crippen LogP contribution in [0.5, 0.6) is 0 Å². The minimum atomic E-state index is -2.55. The van der Waals surface area contributed by atoms with Crippen LogP contribution in [0.3, 0.4) is 0 Å². The number of allylic oxidation sites excluding steroid dienone is 3. The van der Waals surface area contributed by atoms with E-state index in [4.69, 9.17) is 40.3 Å². The van der Waals surface area contributed by atoms with Crippen LogP contribution in [0.15, 0.2) is 90.3 Å². The number of esters is 1. The van der Waals surface area contributed by atoms with Gasteiger partial charge >= 0.3 is 5.97 Å². The van der Waals surface area contributed by atoms with E-state index < -0.39 is 83.7 Å². The van der Waals surface area contributed by atoms with Crippen molar-refractivity contribution in [3.8, 4) is 22.3 Å². The number of pyridine rings is 1. The predicted molar refractivity (Wildman–Crippen MR) is 335 cm³/mol. The summed E-state index contributed by atoms with van der Waals surface area (Å²) in [5, 5.41) is 36.8. The van der Waals surface area contributed by atoms with Gasteiger partial charge in [0, 0.05) is 125 Å². The number of piperidine rings is 1. The molecule has 478 valence electrons. The molecular weight excluding hydrogens is 1140 g/mol. The summed E-state index contributed by atoms with van der Waals surface area (Å²) in [6.45, 7) is 12.4. The molecular formula is C69H92ClN5O13. The quantitative estimate of drug-likeness (QED) is 0.0588. The number of aromatic amines is 1. The smallest absolute Gasteiger partial charge is 0.328 e. The second-order valence-electron chi connectivity index (χ2n) is 25.9. The summed E-state index contributed by atoms with van der Waals surface area (Å²) in [5.41, 5.74) is 7.78. The summed E-state index contributed by atoms with van der Waals surface area (Å²) in [5.74, 6) is -8.62. The van der Waals surface area contributed by atoms with Crippen molar-refractivity contribution in [2.24, 2.45) is 35.5 Å². The van der Waals surface area contributed by atoms with Crippen molar-refractivity contribution in [2.45, 2.75) is 167 Å². The SMILES string of the molecule is CO[C@H]1C[C@@H](C)C/C(C)=C/[C@@H](CCC(=O)N2CCN(Cc3ccc(-c4cnc5[nH]cc(-c6cccc(Cl)c6)c5c4)cc3)CC2)C(=O)C[C@H](O)[C@@H](C)[C@@H](/C(C)=C/[C@@H]2CC[C@@H](O)[C@H](OC)C2)COC(=O)[C@@H]2CCCCN2C(=O)C(=O)[C@]2(O)O[C@H]1[C@@H](OC)C[C@H]2C. The molecule has 0 radical (unpaired) electrons. The van der Waals surface area contributed by atoms with Gasteiger partial charge in [0.25, 0.3) is 11.7 Å². The largest absolute Gasteiger partial charge is 0.464 e. The van der Waals surface area contributed by atoms with Crippen molar-refractivity contribution in [3.05, 3.63) is 101 Å². The number of methoxy groups -OCH3 is 3. The third kappa shape index (κ3) is 15.7. The van der Waals surface area contributed by atoms with E-state index in [9.17, 15) is 39.3 Å². The first kappa shape index (κ1) is 66.7. The van der Waals surface area contributed by atoms with Crippen LogP contribution in [0.2, 0.25) is 5.02 Å². The Morgan fingerprint density at radius 2 is 1.57 bits per heavy atom. The van der Waals surface area contributed by atoms with Crippen LogP contribution in [0.25, 0.3) is 33.3 Å². The van der Waals surface area contributed by atoms with Gasteiger partial charge in [-0.1, -0.05) is 92.1 Å². The van der Waals surface area contributed by atoms with Crippen LogP contribution in [-0.2, 0) is 54.2 Å². The number of rotatable bonds is 12. The second kappa shape index (κ2) is 30.0. The molecule has 4 N–H and O–H groups in total. The van der Waals surface area contributed by atoms with E-state index in [1.807, 2.05) is 75.3 Å². The van der Waals surface area contributed by atoms with Crippen molar-refractivity contribution in [1.29, 1.82) is 0 Å². The number of aromatic nitrogens is 2. The minimum Gasteiger partial charge on any atom is -0.464 e. The number of halogens is 1. The van der Waals surface area contributed by atoms with Crippen molar-refractivity contribution in [1.82, 2.24) is 24.7 Å². The van der Waals surface area contributed by atoms with Crippen molar-refractivity contribution in [3.63, 3.8) is 0 Å². The zero-order valence-corrected chi connectivity index (χ0v) is 53.3. The zero-order valence-electron chi connectivity index (χ0n) is 52.5. The molecule has 4 fully saturated rings. The zero-order chi connectivity index (χ0) is 63.0. The highest BCUT2D eigenvalue weighted by Gasteiger charge is 2.56. The lowest BCUT2D eigenvalue weighted by Gasteiger charge is -2.47. The number of aliphatic hydroxyl groups is 3. The predicted octanol–water partition coefficient (Wildman–Crippen LogP) is 9.30. The summed E-state index contributed by atoms with van der Waals surface area (Å²) in [6, 6.07) is 17.3.